The number of nitrogens with one attached hydrogen (secondary N) is 1. The van der Waals surface area contributed by atoms with Crippen molar-refractivity contribution in [2.45, 2.75) is 26.2 Å². The van der Waals surface area contributed by atoms with E-state index in [1.54, 1.807) is 0 Å². The maximum Gasteiger partial charge on any atom is 0.338 e. The summed E-state index contributed by atoms with van der Waals surface area (Å²) in [6.45, 7) is 3.81. The van der Waals surface area contributed by atoms with Crippen molar-refractivity contribution in [2.24, 2.45) is 0 Å². The van der Waals surface area contributed by atoms with Crippen molar-refractivity contribution in [3.05, 3.63) is 59.7 Å². The van der Waals surface area contributed by atoms with Gasteiger partial charge in [0.15, 0.2) is 6.61 Å². The molecule has 5 heteroatoms. The normalized spacial score (nSPS) is 11.6. The van der Waals surface area contributed by atoms with Crippen molar-refractivity contribution in [1.82, 2.24) is 0 Å². The minimum atomic E-state index is -0.611. The Kier molecular flexibility index (Phi) is 5.95. The molecule has 0 aliphatic carbocycles. The number of amides is 1. The molecule has 1 amide bonds. The number of carbonyl (C=O) groups excluding carboxylic acids is 2. The van der Waals surface area contributed by atoms with Crippen LogP contribution < -0.4 is 5.32 Å². The molecule has 0 saturated heterocycles. The third kappa shape index (κ3) is 4.59. The van der Waals surface area contributed by atoms with Gasteiger partial charge in [-0.05, 0) is 48.2 Å². The highest BCUT2D eigenvalue weighted by Gasteiger charge is 2.13. The van der Waals surface area contributed by atoms with Crippen LogP contribution in [0.2, 0.25) is 0 Å². The molecule has 2 aromatic carbocycles. The summed E-state index contributed by atoms with van der Waals surface area (Å²) in [4.78, 5) is 23.9. The highest BCUT2D eigenvalue weighted by Crippen LogP contribution is 2.26. The molecule has 0 heterocycles. The van der Waals surface area contributed by atoms with Crippen LogP contribution in [-0.2, 0) is 9.53 Å². The van der Waals surface area contributed by atoms with Crippen LogP contribution in [0, 0.1) is 0 Å². The van der Waals surface area contributed by atoms with Gasteiger partial charge in [-0.15, -0.1) is 0 Å². The SMILES string of the molecule is CC[C@@H](C)c1ccccc1NC(=O)COC(=O)c1ccc(O)cc1. The number of esters is 1. The molecule has 0 saturated carbocycles. The number of anilines is 1. The van der Waals surface area contributed by atoms with Crippen molar-refractivity contribution in [1.29, 1.82) is 0 Å². The second-order valence-electron chi connectivity index (χ2n) is 5.57. The van der Waals surface area contributed by atoms with Crippen molar-refractivity contribution >= 4 is 17.6 Å². The molecule has 0 bridgehead atoms. The third-order valence-corrected chi connectivity index (χ3v) is 3.82. The molecule has 2 N–H and O–H groups in total. The molecule has 0 aliphatic rings. The molecule has 1 atom stereocenters. The van der Waals surface area contributed by atoms with E-state index >= 15 is 0 Å². The van der Waals surface area contributed by atoms with Gasteiger partial charge in [0, 0.05) is 5.69 Å². The minimum Gasteiger partial charge on any atom is -0.508 e. The summed E-state index contributed by atoms with van der Waals surface area (Å²) in [6, 6.07) is 13.2. The summed E-state index contributed by atoms with van der Waals surface area (Å²) in [5.74, 6) is -0.620. The fourth-order valence-electron chi connectivity index (χ4n) is 2.26. The van der Waals surface area contributed by atoms with E-state index in [2.05, 4.69) is 19.2 Å². The maximum absolute atomic E-state index is 12.0. The molecular weight excluding hydrogens is 306 g/mol. The average Bonchev–Trinajstić information content (AvgIpc) is 2.60. The van der Waals surface area contributed by atoms with Gasteiger partial charge in [0.25, 0.3) is 5.91 Å². The Balaban J connectivity index is 1.94. The Labute approximate surface area is 141 Å². The molecule has 0 spiro atoms. The van der Waals surface area contributed by atoms with Crippen LogP contribution in [-0.4, -0.2) is 23.6 Å². The molecule has 2 rings (SSSR count). The number of rotatable bonds is 6. The average molecular weight is 327 g/mol. The van der Waals surface area contributed by atoms with Crippen LogP contribution in [0.1, 0.15) is 42.1 Å². The minimum absolute atomic E-state index is 0.0611. The maximum atomic E-state index is 12.0. The van der Waals surface area contributed by atoms with Crippen LogP contribution in [0.25, 0.3) is 0 Å². The number of para-hydroxylation sites is 1. The number of aromatic hydroxyl groups is 1. The Hall–Kier alpha value is -2.82. The van der Waals surface area contributed by atoms with Gasteiger partial charge in [0.05, 0.1) is 5.56 Å². The van der Waals surface area contributed by atoms with Gasteiger partial charge in [-0.3, -0.25) is 4.79 Å². The summed E-state index contributed by atoms with van der Waals surface area (Å²) in [5.41, 5.74) is 2.07. The first kappa shape index (κ1) is 17.5. The van der Waals surface area contributed by atoms with Crippen LogP contribution >= 0.6 is 0 Å². The zero-order valence-corrected chi connectivity index (χ0v) is 13.8. The molecule has 0 aliphatic heterocycles. The lowest BCUT2D eigenvalue weighted by Gasteiger charge is -2.15. The smallest absolute Gasteiger partial charge is 0.338 e. The number of benzene rings is 2. The number of hydrogen-bond donors (Lipinski definition) is 2. The molecule has 2 aromatic rings. The summed E-state index contributed by atoms with van der Waals surface area (Å²) < 4.78 is 5.00. The molecule has 0 radical (unpaired) electrons. The van der Waals surface area contributed by atoms with E-state index in [4.69, 9.17) is 4.74 Å². The van der Waals surface area contributed by atoms with E-state index in [1.807, 2.05) is 24.3 Å². The molecule has 5 nitrogen and oxygen atoms in total. The van der Waals surface area contributed by atoms with Gasteiger partial charge in [-0.1, -0.05) is 32.0 Å². The first-order valence-electron chi connectivity index (χ1n) is 7.86. The van der Waals surface area contributed by atoms with E-state index in [9.17, 15) is 14.7 Å². The first-order chi connectivity index (χ1) is 11.5. The van der Waals surface area contributed by atoms with E-state index in [0.29, 0.717) is 5.92 Å². The Morgan fingerprint density at radius 3 is 2.46 bits per heavy atom. The Bertz CT molecular complexity index is 710. The molecule has 24 heavy (non-hydrogen) atoms. The highest BCUT2D eigenvalue weighted by atomic mass is 16.5. The number of hydrogen-bond acceptors (Lipinski definition) is 4. The lowest BCUT2D eigenvalue weighted by molar-refractivity contribution is -0.119. The second kappa shape index (κ2) is 8.15. The van der Waals surface area contributed by atoms with Crippen LogP contribution in [0.4, 0.5) is 5.69 Å². The van der Waals surface area contributed by atoms with Crippen LogP contribution in [0.5, 0.6) is 5.75 Å². The molecular formula is C19H21NO4. The molecule has 0 unspecified atom stereocenters. The van der Waals surface area contributed by atoms with Gasteiger partial charge >= 0.3 is 5.97 Å². The number of carbonyl (C=O) groups is 2. The van der Waals surface area contributed by atoms with Crippen molar-refractivity contribution in [3.8, 4) is 5.75 Å². The van der Waals surface area contributed by atoms with Gasteiger partial charge in [0.2, 0.25) is 0 Å². The third-order valence-electron chi connectivity index (χ3n) is 3.82. The van der Waals surface area contributed by atoms with Gasteiger partial charge in [-0.25, -0.2) is 4.79 Å². The lowest BCUT2D eigenvalue weighted by atomic mass is 9.97. The molecule has 0 fully saturated rings. The topological polar surface area (TPSA) is 75.6 Å². The summed E-state index contributed by atoms with van der Waals surface area (Å²) in [5, 5.41) is 12.0. The Morgan fingerprint density at radius 2 is 1.79 bits per heavy atom. The van der Waals surface area contributed by atoms with Gasteiger partial charge < -0.3 is 15.2 Å². The number of phenols is 1. The predicted octanol–water partition coefficient (Wildman–Crippen LogP) is 3.70. The van der Waals surface area contributed by atoms with Crippen LogP contribution in [0.15, 0.2) is 48.5 Å². The van der Waals surface area contributed by atoms with E-state index in [0.717, 1.165) is 17.7 Å². The van der Waals surface area contributed by atoms with Crippen molar-refractivity contribution in [3.63, 3.8) is 0 Å². The number of phenolic OH excluding ortho intramolecular Hbond substituents is 1. The van der Waals surface area contributed by atoms with E-state index < -0.39 is 11.9 Å². The first-order valence-corrected chi connectivity index (χ1v) is 7.86. The molecule has 126 valence electrons. The largest absolute Gasteiger partial charge is 0.508 e. The summed E-state index contributed by atoms with van der Waals surface area (Å²) in [6.07, 6.45) is 0.961. The second-order valence-corrected chi connectivity index (χ2v) is 5.57. The summed E-state index contributed by atoms with van der Waals surface area (Å²) >= 11 is 0. The van der Waals surface area contributed by atoms with E-state index in [-0.39, 0.29) is 17.9 Å². The quantitative estimate of drug-likeness (QED) is 0.793. The highest BCUT2D eigenvalue weighted by molar-refractivity contribution is 5.96. The van der Waals surface area contributed by atoms with E-state index in [1.165, 1.54) is 24.3 Å². The molecule has 0 aromatic heterocycles. The monoisotopic (exact) mass is 327 g/mol. The fourth-order valence-corrected chi connectivity index (χ4v) is 2.26. The van der Waals surface area contributed by atoms with Crippen molar-refractivity contribution < 1.29 is 19.4 Å². The van der Waals surface area contributed by atoms with Gasteiger partial charge in [0.1, 0.15) is 5.75 Å². The lowest BCUT2D eigenvalue weighted by Crippen LogP contribution is -2.21. The zero-order valence-electron chi connectivity index (χ0n) is 13.8. The van der Waals surface area contributed by atoms with Crippen LogP contribution in [0.3, 0.4) is 0 Å². The summed E-state index contributed by atoms with van der Waals surface area (Å²) in [7, 11) is 0. The standard InChI is InChI=1S/C19H21NO4/c1-3-13(2)16-6-4-5-7-17(16)20-18(22)12-24-19(23)14-8-10-15(21)11-9-14/h4-11,13,21H,3,12H2,1-2H3,(H,20,22)/t13-/m1/s1. The zero-order chi connectivity index (χ0) is 17.5. The number of ether oxygens (including phenoxy) is 1. The fraction of sp³-hybridized carbons (Fsp3) is 0.263. The van der Waals surface area contributed by atoms with Gasteiger partial charge in [-0.2, -0.15) is 0 Å². The Morgan fingerprint density at radius 1 is 1.12 bits per heavy atom. The predicted molar refractivity (Wildman–Crippen MR) is 92.2 cm³/mol. The van der Waals surface area contributed by atoms with Crippen molar-refractivity contribution in [2.75, 3.05) is 11.9 Å².